The first-order chi connectivity index (χ1) is 3.88. The molecule has 1 unspecified atom stereocenters. The highest BCUT2D eigenvalue weighted by molar-refractivity contribution is 4.89. The highest BCUT2D eigenvalue weighted by atomic mass is 14.4. The largest absolute Gasteiger partial charge is 0.0622 e. The molecule has 0 amide bonds. The highest BCUT2D eigenvalue weighted by Crippen LogP contribution is 2.49. The summed E-state index contributed by atoms with van der Waals surface area (Å²) in [5.41, 5.74) is 0. The molecular formula is C8H14. The number of fused-ring (bicyclic) bond motifs is 1. The van der Waals surface area contributed by atoms with Crippen LogP contribution in [0.15, 0.2) is 0 Å². The van der Waals surface area contributed by atoms with E-state index in [4.69, 9.17) is 0 Å². The second-order valence-corrected chi connectivity index (χ2v) is 3.56. The molecule has 2 fully saturated rings. The molecule has 46 valence electrons. The topological polar surface area (TPSA) is 0 Å². The van der Waals surface area contributed by atoms with Gasteiger partial charge in [-0.3, -0.25) is 0 Å². The summed E-state index contributed by atoms with van der Waals surface area (Å²) < 4.78 is 0. The lowest BCUT2D eigenvalue weighted by molar-refractivity contribution is 0.180. The Labute approximate surface area is 51.3 Å². The first kappa shape index (κ1) is 4.84. The smallest absolute Gasteiger partial charge is 0.0360 e. The van der Waals surface area contributed by atoms with Crippen LogP contribution in [0.25, 0.3) is 0 Å². The Morgan fingerprint density at radius 3 is 2.00 bits per heavy atom. The summed E-state index contributed by atoms with van der Waals surface area (Å²) in [5.74, 6) is 3.41. The molecule has 2 aliphatic carbocycles. The van der Waals surface area contributed by atoms with Crippen molar-refractivity contribution >= 4 is 0 Å². The van der Waals surface area contributed by atoms with Gasteiger partial charge in [-0.05, 0) is 37.0 Å². The molecular weight excluding hydrogens is 96.1 g/mol. The normalized spacial score (nSPS) is 52.9. The van der Waals surface area contributed by atoms with Crippen LogP contribution in [0, 0.1) is 17.8 Å². The third-order valence-corrected chi connectivity index (χ3v) is 3.20. The second kappa shape index (κ2) is 1.49. The van der Waals surface area contributed by atoms with Gasteiger partial charge in [-0.1, -0.05) is 13.3 Å². The fourth-order valence-corrected chi connectivity index (χ4v) is 2.39. The van der Waals surface area contributed by atoms with Crippen LogP contribution in [0.1, 0.15) is 32.6 Å². The van der Waals surface area contributed by atoms with Crippen LogP contribution in [0.5, 0.6) is 0 Å². The molecule has 8 heavy (non-hydrogen) atoms. The summed E-state index contributed by atoms with van der Waals surface area (Å²) in [6.45, 7) is 2.42. The Bertz CT molecular complexity index is 90.2. The third kappa shape index (κ3) is 0.463. The molecule has 0 heteroatoms. The molecule has 0 bridgehead atoms. The van der Waals surface area contributed by atoms with Crippen molar-refractivity contribution in [3.05, 3.63) is 0 Å². The van der Waals surface area contributed by atoms with E-state index in [2.05, 4.69) is 6.92 Å². The highest BCUT2D eigenvalue weighted by Gasteiger charge is 2.39. The molecule has 0 nitrogen and oxygen atoms in total. The lowest BCUT2D eigenvalue weighted by Gasteiger charge is -2.32. The van der Waals surface area contributed by atoms with E-state index < -0.39 is 0 Å². The van der Waals surface area contributed by atoms with Gasteiger partial charge >= 0.3 is 0 Å². The fraction of sp³-hybridized carbons (Fsp3) is 1.00. The van der Waals surface area contributed by atoms with Gasteiger partial charge in [0.1, 0.15) is 0 Å². The molecule has 0 aliphatic heterocycles. The van der Waals surface area contributed by atoms with Gasteiger partial charge in [0, 0.05) is 0 Å². The molecule has 0 saturated heterocycles. The van der Waals surface area contributed by atoms with Crippen LogP contribution in [-0.4, -0.2) is 0 Å². The fourth-order valence-electron chi connectivity index (χ4n) is 2.39. The predicted molar refractivity (Wildman–Crippen MR) is 34.6 cm³/mol. The molecule has 0 spiro atoms. The van der Waals surface area contributed by atoms with E-state index in [-0.39, 0.29) is 0 Å². The number of rotatable bonds is 0. The molecule has 0 N–H and O–H groups in total. The maximum atomic E-state index is 2.42. The lowest BCUT2D eigenvalue weighted by atomic mass is 9.73. The summed E-state index contributed by atoms with van der Waals surface area (Å²) >= 11 is 0. The zero-order valence-corrected chi connectivity index (χ0v) is 5.56. The lowest BCUT2D eigenvalue weighted by Crippen LogP contribution is -2.23. The Kier molecular flexibility index (Phi) is 0.902. The van der Waals surface area contributed by atoms with Crippen LogP contribution >= 0.6 is 0 Å². The summed E-state index contributed by atoms with van der Waals surface area (Å²) in [5, 5.41) is 0. The van der Waals surface area contributed by atoms with Crippen molar-refractivity contribution < 1.29 is 0 Å². The summed E-state index contributed by atoms with van der Waals surface area (Å²) in [6.07, 6.45) is 6.17. The van der Waals surface area contributed by atoms with E-state index in [0.29, 0.717) is 0 Å². The van der Waals surface area contributed by atoms with Gasteiger partial charge in [-0.15, -0.1) is 0 Å². The van der Waals surface area contributed by atoms with E-state index >= 15 is 0 Å². The van der Waals surface area contributed by atoms with E-state index in [1.165, 1.54) is 12.3 Å². The van der Waals surface area contributed by atoms with Crippen LogP contribution in [-0.2, 0) is 0 Å². The maximum absolute atomic E-state index is 2.42. The Morgan fingerprint density at radius 1 is 1.00 bits per heavy atom. The summed E-state index contributed by atoms with van der Waals surface area (Å²) in [4.78, 5) is 0. The monoisotopic (exact) mass is 110 g/mol. The van der Waals surface area contributed by atoms with Gasteiger partial charge in [0.15, 0.2) is 0 Å². The van der Waals surface area contributed by atoms with E-state index in [9.17, 15) is 0 Å². The van der Waals surface area contributed by atoms with Gasteiger partial charge in [-0.25, -0.2) is 0 Å². The molecule has 0 aromatic carbocycles. The Hall–Kier alpha value is 0. The van der Waals surface area contributed by atoms with Crippen molar-refractivity contribution in [2.75, 3.05) is 0 Å². The van der Waals surface area contributed by atoms with Gasteiger partial charge in [0.2, 0.25) is 0 Å². The van der Waals surface area contributed by atoms with E-state index in [1.807, 2.05) is 0 Å². The molecule has 0 heterocycles. The average Bonchev–Trinajstić information content (AvgIpc) is 1.80. The van der Waals surface area contributed by atoms with Gasteiger partial charge < -0.3 is 0 Å². The van der Waals surface area contributed by atoms with E-state index in [0.717, 1.165) is 11.8 Å². The average molecular weight is 110 g/mol. The molecule has 0 radical (unpaired) electrons. The zero-order valence-electron chi connectivity index (χ0n) is 5.56. The number of hydrogen-bond acceptors (Lipinski definition) is 0. The molecule has 0 aromatic heterocycles. The minimum atomic E-state index is 1.08. The van der Waals surface area contributed by atoms with E-state index in [1.54, 1.807) is 19.3 Å². The van der Waals surface area contributed by atoms with Crippen LogP contribution in [0.2, 0.25) is 0 Å². The molecule has 2 saturated carbocycles. The van der Waals surface area contributed by atoms with Crippen molar-refractivity contribution in [1.29, 1.82) is 0 Å². The van der Waals surface area contributed by atoms with Crippen LogP contribution in [0.4, 0.5) is 0 Å². The third-order valence-electron chi connectivity index (χ3n) is 3.20. The van der Waals surface area contributed by atoms with Crippen LogP contribution in [0.3, 0.4) is 0 Å². The predicted octanol–water partition coefficient (Wildman–Crippen LogP) is 2.44. The summed E-state index contributed by atoms with van der Waals surface area (Å²) in [7, 11) is 0. The Balaban J connectivity index is 2.05. The first-order valence-corrected chi connectivity index (χ1v) is 3.88. The van der Waals surface area contributed by atoms with Crippen molar-refractivity contribution in [3.8, 4) is 0 Å². The molecule has 2 rings (SSSR count). The van der Waals surface area contributed by atoms with Crippen molar-refractivity contribution in [2.24, 2.45) is 17.8 Å². The van der Waals surface area contributed by atoms with Crippen molar-refractivity contribution in [3.63, 3.8) is 0 Å². The van der Waals surface area contributed by atoms with Gasteiger partial charge in [-0.2, -0.15) is 0 Å². The van der Waals surface area contributed by atoms with Crippen molar-refractivity contribution in [2.45, 2.75) is 32.6 Å². The molecule has 3 atom stereocenters. The first-order valence-electron chi connectivity index (χ1n) is 3.88. The minimum absolute atomic E-state index is 1.08. The zero-order chi connectivity index (χ0) is 5.56. The minimum Gasteiger partial charge on any atom is -0.0622 e. The quantitative estimate of drug-likeness (QED) is 0.449. The molecule has 0 aromatic rings. The molecule has 2 aliphatic rings. The standard InChI is InChI=1S/C8H14/c1-6-2-3-7-4-5-8(6)7/h6-8H,2-5H2,1H3/t6-,7-,8?/m0/s1. The van der Waals surface area contributed by atoms with Gasteiger partial charge in [0.25, 0.3) is 0 Å². The Morgan fingerprint density at radius 2 is 1.75 bits per heavy atom. The van der Waals surface area contributed by atoms with Crippen LogP contribution < -0.4 is 0 Å². The van der Waals surface area contributed by atoms with Gasteiger partial charge in [0.05, 0.1) is 0 Å². The second-order valence-electron chi connectivity index (χ2n) is 3.56. The van der Waals surface area contributed by atoms with Crippen molar-refractivity contribution in [1.82, 2.24) is 0 Å². The summed E-state index contributed by atoms with van der Waals surface area (Å²) in [6, 6.07) is 0. The SMILES string of the molecule is C[C@H]1CC[C@H]2CCC21. The maximum Gasteiger partial charge on any atom is -0.0360 e. The number of hydrogen-bond donors (Lipinski definition) is 0.